The topological polar surface area (TPSA) is 77.5 Å². The molecule has 0 saturated carbocycles. The quantitative estimate of drug-likeness (QED) is 0.575. The van der Waals surface area contributed by atoms with Gasteiger partial charge in [0.05, 0.1) is 10.5 Å². The highest BCUT2D eigenvalue weighted by atomic mass is 32.2. The molecule has 5 nitrogen and oxygen atoms in total. The summed E-state index contributed by atoms with van der Waals surface area (Å²) in [5, 5.41) is 0. The molecule has 0 aliphatic carbocycles. The van der Waals surface area contributed by atoms with Crippen molar-refractivity contribution >= 4 is 21.6 Å². The number of carbonyl (C=O) groups excluding carboxylic acids is 2. The van der Waals surface area contributed by atoms with E-state index in [0.717, 1.165) is 11.8 Å². The number of carbonyl (C=O) groups is 2. The second kappa shape index (κ2) is 7.64. The number of benzene rings is 2. The SMILES string of the molecule is CC(OC(=O)c1ccc(S(C)(=O)=O)cc1)C(=O)c1ccc(C(C)(C)C)cc1. The van der Waals surface area contributed by atoms with Crippen LogP contribution in [0.2, 0.25) is 0 Å². The third kappa shape index (κ3) is 5.26. The van der Waals surface area contributed by atoms with Gasteiger partial charge in [0.25, 0.3) is 0 Å². The van der Waals surface area contributed by atoms with Gasteiger partial charge >= 0.3 is 5.97 Å². The lowest BCUT2D eigenvalue weighted by atomic mass is 9.86. The van der Waals surface area contributed by atoms with Gasteiger partial charge in [0.2, 0.25) is 5.78 Å². The summed E-state index contributed by atoms with van der Waals surface area (Å²) in [4.78, 5) is 24.8. The lowest BCUT2D eigenvalue weighted by Crippen LogP contribution is -2.24. The Morgan fingerprint density at radius 3 is 1.81 bits per heavy atom. The van der Waals surface area contributed by atoms with Crippen molar-refractivity contribution < 1.29 is 22.7 Å². The smallest absolute Gasteiger partial charge is 0.338 e. The van der Waals surface area contributed by atoms with Crippen molar-refractivity contribution in [3.8, 4) is 0 Å². The third-order valence-electron chi connectivity index (χ3n) is 4.21. The molecule has 1 atom stereocenters. The first-order valence-electron chi connectivity index (χ1n) is 8.55. The Kier molecular flexibility index (Phi) is 5.90. The van der Waals surface area contributed by atoms with Crippen molar-refractivity contribution in [2.75, 3.05) is 6.26 Å². The highest BCUT2D eigenvalue weighted by Crippen LogP contribution is 2.23. The summed E-state index contributed by atoms with van der Waals surface area (Å²) in [6.45, 7) is 7.78. The molecule has 0 heterocycles. The minimum absolute atomic E-state index is 0.0161. The summed E-state index contributed by atoms with van der Waals surface area (Å²) in [5.74, 6) is -0.973. The molecule has 0 bridgehead atoms. The maximum atomic E-state index is 12.5. The van der Waals surface area contributed by atoms with E-state index in [0.29, 0.717) is 5.56 Å². The number of hydrogen-bond donors (Lipinski definition) is 0. The van der Waals surface area contributed by atoms with Crippen LogP contribution in [0.5, 0.6) is 0 Å². The van der Waals surface area contributed by atoms with Crippen LogP contribution >= 0.6 is 0 Å². The van der Waals surface area contributed by atoms with Crippen LogP contribution in [-0.2, 0) is 20.0 Å². The molecule has 2 aromatic rings. The minimum atomic E-state index is -3.34. The van der Waals surface area contributed by atoms with Gasteiger partial charge in [-0.25, -0.2) is 13.2 Å². The lowest BCUT2D eigenvalue weighted by Gasteiger charge is -2.19. The average molecular weight is 388 g/mol. The molecule has 0 aliphatic rings. The Morgan fingerprint density at radius 2 is 1.37 bits per heavy atom. The Hall–Kier alpha value is -2.47. The second-order valence-electron chi connectivity index (χ2n) is 7.54. The summed E-state index contributed by atoms with van der Waals surface area (Å²) < 4.78 is 28.2. The van der Waals surface area contributed by atoms with Crippen LogP contribution in [0.15, 0.2) is 53.4 Å². The van der Waals surface area contributed by atoms with Gasteiger partial charge in [-0.15, -0.1) is 0 Å². The fourth-order valence-corrected chi connectivity index (χ4v) is 3.12. The fraction of sp³-hybridized carbons (Fsp3) is 0.333. The van der Waals surface area contributed by atoms with E-state index in [9.17, 15) is 18.0 Å². The summed E-state index contributed by atoms with van der Waals surface area (Å²) in [6, 6.07) is 12.7. The van der Waals surface area contributed by atoms with Crippen molar-refractivity contribution in [3.63, 3.8) is 0 Å². The van der Waals surface area contributed by atoms with Crippen molar-refractivity contribution in [2.45, 2.75) is 44.1 Å². The average Bonchev–Trinajstić information content (AvgIpc) is 2.59. The Morgan fingerprint density at radius 1 is 0.889 bits per heavy atom. The first-order valence-corrected chi connectivity index (χ1v) is 10.4. The Labute approximate surface area is 160 Å². The maximum Gasteiger partial charge on any atom is 0.338 e. The van der Waals surface area contributed by atoms with E-state index in [1.807, 2.05) is 12.1 Å². The van der Waals surface area contributed by atoms with Gasteiger partial charge in [-0.2, -0.15) is 0 Å². The monoisotopic (exact) mass is 388 g/mol. The zero-order valence-corrected chi connectivity index (χ0v) is 17.0. The van der Waals surface area contributed by atoms with Gasteiger partial charge in [0.1, 0.15) is 0 Å². The molecular formula is C21H24O5S. The molecule has 2 rings (SSSR count). The first-order chi connectivity index (χ1) is 12.4. The van der Waals surface area contributed by atoms with E-state index >= 15 is 0 Å². The largest absolute Gasteiger partial charge is 0.451 e. The zero-order chi connectivity index (χ0) is 20.4. The molecule has 0 fully saturated rings. The number of rotatable bonds is 5. The van der Waals surface area contributed by atoms with E-state index < -0.39 is 21.9 Å². The number of hydrogen-bond acceptors (Lipinski definition) is 5. The zero-order valence-electron chi connectivity index (χ0n) is 16.1. The van der Waals surface area contributed by atoms with E-state index in [-0.39, 0.29) is 21.7 Å². The number of ether oxygens (including phenoxy) is 1. The van der Waals surface area contributed by atoms with Crippen LogP contribution in [0.4, 0.5) is 0 Å². The van der Waals surface area contributed by atoms with Gasteiger partial charge < -0.3 is 4.74 Å². The van der Waals surface area contributed by atoms with Crippen LogP contribution in [0.3, 0.4) is 0 Å². The molecule has 1 unspecified atom stereocenters. The predicted molar refractivity (Wildman–Crippen MR) is 104 cm³/mol. The molecule has 0 N–H and O–H groups in total. The minimum Gasteiger partial charge on any atom is -0.451 e. The van der Waals surface area contributed by atoms with Crippen molar-refractivity contribution in [1.82, 2.24) is 0 Å². The van der Waals surface area contributed by atoms with Crippen LogP contribution in [0.25, 0.3) is 0 Å². The van der Waals surface area contributed by atoms with Crippen LogP contribution in [-0.4, -0.2) is 32.5 Å². The number of esters is 1. The molecule has 0 radical (unpaired) electrons. The Bertz CT molecular complexity index is 934. The van der Waals surface area contributed by atoms with Crippen molar-refractivity contribution in [2.24, 2.45) is 0 Å². The molecule has 6 heteroatoms. The molecule has 0 saturated heterocycles. The Balaban J connectivity index is 2.08. The number of Topliss-reactive ketones (excluding diaryl/α,β-unsaturated/α-hetero) is 1. The molecule has 0 spiro atoms. The van der Waals surface area contributed by atoms with Crippen molar-refractivity contribution in [3.05, 3.63) is 65.2 Å². The van der Waals surface area contributed by atoms with Gasteiger partial charge in [-0.1, -0.05) is 45.0 Å². The normalized spacial score (nSPS) is 13.1. The lowest BCUT2D eigenvalue weighted by molar-refractivity contribution is 0.0318. The number of ketones is 1. The third-order valence-corrected chi connectivity index (χ3v) is 5.34. The van der Waals surface area contributed by atoms with E-state index in [1.54, 1.807) is 12.1 Å². The molecule has 144 valence electrons. The maximum absolute atomic E-state index is 12.5. The number of sulfone groups is 1. The summed E-state index contributed by atoms with van der Waals surface area (Å²) >= 11 is 0. The molecular weight excluding hydrogens is 364 g/mol. The summed E-state index contributed by atoms with van der Waals surface area (Å²) in [6.07, 6.45) is 0.138. The summed E-state index contributed by atoms with van der Waals surface area (Å²) in [7, 11) is -3.34. The first kappa shape index (κ1) is 20.8. The van der Waals surface area contributed by atoms with Crippen LogP contribution < -0.4 is 0 Å². The fourth-order valence-electron chi connectivity index (χ4n) is 2.49. The molecule has 27 heavy (non-hydrogen) atoms. The predicted octanol–water partition coefficient (Wildman–Crippen LogP) is 3.82. The molecule has 0 aromatic heterocycles. The van der Waals surface area contributed by atoms with Crippen LogP contribution in [0, 0.1) is 0 Å². The van der Waals surface area contributed by atoms with Crippen LogP contribution in [0.1, 0.15) is 54.0 Å². The second-order valence-corrected chi connectivity index (χ2v) is 9.55. The van der Waals surface area contributed by atoms with E-state index in [1.165, 1.54) is 31.2 Å². The van der Waals surface area contributed by atoms with Gasteiger partial charge in [-0.05, 0) is 42.2 Å². The van der Waals surface area contributed by atoms with E-state index in [2.05, 4.69) is 20.8 Å². The highest BCUT2D eigenvalue weighted by molar-refractivity contribution is 7.90. The van der Waals surface area contributed by atoms with E-state index in [4.69, 9.17) is 4.74 Å². The standard InChI is InChI=1S/C21H24O5S/c1-14(19(22)15-6-10-17(11-7-15)21(2,3)4)26-20(23)16-8-12-18(13-9-16)27(5,24)25/h6-14H,1-5H3. The van der Waals surface area contributed by atoms with Gasteiger partial charge in [0.15, 0.2) is 15.9 Å². The highest BCUT2D eigenvalue weighted by Gasteiger charge is 2.22. The van der Waals surface area contributed by atoms with Gasteiger partial charge in [0, 0.05) is 11.8 Å². The van der Waals surface area contributed by atoms with Gasteiger partial charge in [-0.3, -0.25) is 4.79 Å². The molecule has 0 amide bonds. The summed E-state index contributed by atoms with van der Waals surface area (Å²) in [5.41, 5.74) is 1.74. The molecule has 0 aliphatic heterocycles. The van der Waals surface area contributed by atoms with Crippen molar-refractivity contribution in [1.29, 1.82) is 0 Å². The molecule has 2 aromatic carbocycles.